The van der Waals surface area contributed by atoms with Crippen LogP contribution in [0.15, 0.2) is 35.3 Å². The lowest BCUT2D eigenvalue weighted by Crippen LogP contribution is -2.42. The number of aliphatic imine (C=N–C) groups is 1. The minimum absolute atomic E-state index is 0. The Morgan fingerprint density at radius 3 is 2.83 bits per heavy atom. The molecule has 0 bridgehead atoms. The van der Waals surface area contributed by atoms with Crippen LogP contribution in [0.4, 0.5) is 0 Å². The van der Waals surface area contributed by atoms with Gasteiger partial charge in [-0.05, 0) is 31.5 Å². The van der Waals surface area contributed by atoms with Crippen molar-refractivity contribution in [3.63, 3.8) is 0 Å². The molecule has 0 amide bonds. The molecular formula is C17H29IN4O. The first-order valence-corrected chi connectivity index (χ1v) is 8.18. The summed E-state index contributed by atoms with van der Waals surface area (Å²) < 4.78 is 0. The summed E-state index contributed by atoms with van der Waals surface area (Å²) in [7, 11) is 0. The zero-order valence-corrected chi connectivity index (χ0v) is 16.1. The van der Waals surface area contributed by atoms with Crippen LogP contribution in [0, 0.1) is 0 Å². The maximum absolute atomic E-state index is 9.52. The highest BCUT2D eigenvalue weighted by Crippen LogP contribution is 2.16. The predicted octanol–water partition coefficient (Wildman–Crippen LogP) is 1.77. The van der Waals surface area contributed by atoms with Gasteiger partial charge in [0.15, 0.2) is 5.96 Å². The normalized spacial score (nSPS) is 20.1. The van der Waals surface area contributed by atoms with Crippen molar-refractivity contribution in [2.45, 2.75) is 31.7 Å². The van der Waals surface area contributed by atoms with Crippen molar-refractivity contribution < 1.29 is 5.11 Å². The smallest absolute Gasteiger partial charge is 0.188 e. The fourth-order valence-electron chi connectivity index (χ4n) is 3.02. The van der Waals surface area contributed by atoms with Crippen LogP contribution in [0.3, 0.4) is 0 Å². The molecule has 23 heavy (non-hydrogen) atoms. The Morgan fingerprint density at radius 1 is 1.43 bits per heavy atom. The number of halogens is 1. The second-order valence-electron chi connectivity index (χ2n) is 5.82. The first-order valence-electron chi connectivity index (χ1n) is 8.18. The van der Waals surface area contributed by atoms with Crippen molar-refractivity contribution >= 4 is 29.9 Å². The number of nitrogens with two attached hydrogens (primary N) is 1. The van der Waals surface area contributed by atoms with E-state index in [2.05, 4.69) is 22.1 Å². The molecular weight excluding hydrogens is 403 g/mol. The average molecular weight is 432 g/mol. The SMILES string of the molecule is CCN1CCCC1CNC(N)=NCC(CO)c1ccccc1.I. The molecule has 1 aliphatic rings. The molecule has 1 heterocycles. The number of nitrogens with zero attached hydrogens (tertiary/aromatic N) is 2. The van der Waals surface area contributed by atoms with Crippen molar-refractivity contribution in [1.82, 2.24) is 10.2 Å². The summed E-state index contributed by atoms with van der Waals surface area (Å²) in [5, 5.41) is 12.7. The largest absolute Gasteiger partial charge is 0.396 e. The van der Waals surface area contributed by atoms with Crippen LogP contribution in [-0.4, -0.2) is 54.8 Å². The van der Waals surface area contributed by atoms with Crippen LogP contribution >= 0.6 is 24.0 Å². The van der Waals surface area contributed by atoms with Gasteiger partial charge in [0, 0.05) is 18.5 Å². The molecule has 0 spiro atoms. The van der Waals surface area contributed by atoms with E-state index in [9.17, 15) is 5.11 Å². The van der Waals surface area contributed by atoms with Gasteiger partial charge in [0.2, 0.25) is 0 Å². The van der Waals surface area contributed by atoms with Crippen LogP contribution in [-0.2, 0) is 0 Å². The molecule has 1 aliphatic heterocycles. The average Bonchev–Trinajstić information content (AvgIpc) is 3.02. The lowest BCUT2D eigenvalue weighted by atomic mass is 10.0. The van der Waals surface area contributed by atoms with Gasteiger partial charge in [0.1, 0.15) is 0 Å². The quantitative estimate of drug-likeness (QED) is 0.349. The number of aliphatic hydroxyl groups excluding tert-OH is 1. The number of benzene rings is 1. The first-order chi connectivity index (χ1) is 10.7. The fraction of sp³-hybridized carbons (Fsp3) is 0.588. The Balaban J connectivity index is 0.00000264. The zero-order valence-electron chi connectivity index (χ0n) is 13.8. The van der Waals surface area contributed by atoms with E-state index in [1.165, 1.54) is 19.4 Å². The lowest BCUT2D eigenvalue weighted by Gasteiger charge is -2.23. The maximum atomic E-state index is 9.52. The van der Waals surface area contributed by atoms with Gasteiger partial charge in [-0.1, -0.05) is 37.3 Å². The molecule has 130 valence electrons. The molecule has 0 aliphatic carbocycles. The fourth-order valence-corrected chi connectivity index (χ4v) is 3.02. The predicted molar refractivity (Wildman–Crippen MR) is 106 cm³/mol. The molecule has 2 rings (SSSR count). The highest BCUT2D eigenvalue weighted by atomic mass is 127. The number of nitrogens with one attached hydrogen (secondary N) is 1. The van der Waals surface area contributed by atoms with Gasteiger partial charge in [-0.25, -0.2) is 0 Å². The second-order valence-corrected chi connectivity index (χ2v) is 5.82. The van der Waals surface area contributed by atoms with Gasteiger partial charge < -0.3 is 16.2 Å². The standard InChI is InChI=1S/C17H28N4O.HI/c1-2-21-10-6-9-16(21)12-20-17(18)19-11-15(13-22)14-7-4-3-5-8-14;/h3-5,7-8,15-16,22H,2,6,9-13H2,1H3,(H3,18,19,20);1H. The van der Waals surface area contributed by atoms with E-state index in [-0.39, 0.29) is 36.5 Å². The highest BCUT2D eigenvalue weighted by Gasteiger charge is 2.22. The van der Waals surface area contributed by atoms with Gasteiger partial charge in [0.05, 0.1) is 13.2 Å². The third-order valence-corrected chi connectivity index (χ3v) is 4.40. The minimum atomic E-state index is 0. The van der Waals surface area contributed by atoms with Gasteiger partial charge in [-0.15, -0.1) is 24.0 Å². The van der Waals surface area contributed by atoms with E-state index in [0.717, 1.165) is 18.7 Å². The van der Waals surface area contributed by atoms with E-state index in [0.29, 0.717) is 18.5 Å². The van der Waals surface area contributed by atoms with Crippen LogP contribution in [0.2, 0.25) is 0 Å². The molecule has 0 radical (unpaired) electrons. The Labute approximate surface area is 156 Å². The Bertz CT molecular complexity index is 469. The van der Waals surface area contributed by atoms with Gasteiger partial charge >= 0.3 is 0 Å². The molecule has 0 saturated carbocycles. The number of likely N-dealkylation sites (tertiary alicyclic amines) is 1. The molecule has 6 heteroatoms. The number of rotatable bonds is 7. The topological polar surface area (TPSA) is 73.9 Å². The van der Waals surface area contributed by atoms with E-state index >= 15 is 0 Å². The molecule has 0 aromatic heterocycles. The van der Waals surface area contributed by atoms with Crippen molar-refractivity contribution in [3.8, 4) is 0 Å². The zero-order chi connectivity index (χ0) is 15.8. The monoisotopic (exact) mass is 432 g/mol. The molecule has 2 atom stereocenters. The summed E-state index contributed by atoms with van der Waals surface area (Å²) in [6, 6.07) is 10.5. The van der Waals surface area contributed by atoms with Crippen LogP contribution in [0.25, 0.3) is 0 Å². The van der Waals surface area contributed by atoms with Crippen LogP contribution < -0.4 is 11.1 Å². The van der Waals surface area contributed by atoms with Crippen molar-refractivity contribution in [2.24, 2.45) is 10.7 Å². The summed E-state index contributed by atoms with van der Waals surface area (Å²) in [4.78, 5) is 6.86. The molecule has 4 N–H and O–H groups in total. The number of hydrogen-bond acceptors (Lipinski definition) is 3. The molecule has 1 saturated heterocycles. The molecule has 1 fully saturated rings. The van der Waals surface area contributed by atoms with Crippen molar-refractivity contribution in [1.29, 1.82) is 0 Å². The first kappa shape index (κ1) is 20.2. The number of hydrogen-bond donors (Lipinski definition) is 3. The van der Waals surface area contributed by atoms with Crippen molar-refractivity contribution in [2.75, 3.05) is 32.8 Å². The second kappa shape index (κ2) is 10.8. The lowest BCUT2D eigenvalue weighted by molar-refractivity contribution is 0.265. The molecule has 2 unspecified atom stereocenters. The maximum Gasteiger partial charge on any atom is 0.188 e. The van der Waals surface area contributed by atoms with Gasteiger partial charge in [-0.3, -0.25) is 9.89 Å². The molecule has 1 aromatic carbocycles. The number of aliphatic hydroxyl groups is 1. The summed E-state index contributed by atoms with van der Waals surface area (Å²) in [5.74, 6) is 0.470. The van der Waals surface area contributed by atoms with E-state index in [4.69, 9.17) is 5.73 Å². The van der Waals surface area contributed by atoms with E-state index < -0.39 is 0 Å². The van der Waals surface area contributed by atoms with E-state index in [1.54, 1.807) is 0 Å². The third kappa shape index (κ3) is 6.27. The molecule has 5 nitrogen and oxygen atoms in total. The Hall–Kier alpha value is -0.860. The van der Waals surface area contributed by atoms with Crippen LogP contribution in [0.5, 0.6) is 0 Å². The van der Waals surface area contributed by atoms with Crippen LogP contribution in [0.1, 0.15) is 31.2 Å². The van der Waals surface area contributed by atoms with E-state index in [1.807, 2.05) is 30.3 Å². The Kier molecular flexibility index (Phi) is 9.50. The minimum Gasteiger partial charge on any atom is -0.396 e. The van der Waals surface area contributed by atoms with Gasteiger partial charge in [0.25, 0.3) is 0 Å². The number of likely N-dealkylation sites (N-methyl/N-ethyl adjacent to an activating group) is 1. The molecule has 1 aromatic rings. The van der Waals surface area contributed by atoms with Gasteiger partial charge in [-0.2, -0.15) is 0 Å². The number of guanidine groups is 1. The highest BCUT2D eigenvalue weighted by molar-refractivity contribution is 14.0. The van der Waals surface area contributed by atoms with Crippen molar-refractivity contribution in [3.05, 3.63) is 35.9 Å². The third-order valence-electron chi connectivity index (χ3n) is 4.40. The summed E-state index contributed by atoms with van der Waals surface area (Å²) in [6.07, 6.45) is 2.48. The summed E-state index contributed by atoms with van der Waals surface area (Å²) in [5.41, 5.74) is 7.05. The summed E-state index contributed by atoms with van der Waals surface area (Å²) in [6.45, 7) is 5.89. The summed E-state index contributed by atoms with van der Waals surface area (Å²) >= 11 is 0. The Morgan fingerprint density at radius 2 is 2.17 bits per heavy atom.